The number of nitrogens with two attached hydrogens (primary N) is 1. The van der Waals surface area contributed by atoms with Crippen LogP contribution in [0.15, 0.2) is 17.1 Å². The summed E-state index contributed by atoms with van der Waals surface area (Å²) in [4.78, 5) is 9.73. The third-order valence-electron chi connectivity index (χ3n) is 4.02. The van der Waals surface area contributed by atoms with E-state index >= 15 is 0 Å². The lowest BCUT2D eigenvalue weighted by Gasteiger charge is -2.33. The zero-order valence-electron chi connectivity index (χ0n) is 14.2. The molecule has 0 spiro atoms. The van der Waals surface area contributed by atoms with Crippen molar-refractivity contribution < 1.29 is 4.74 Å². The molecule has 1 aliphatic rings. The van der Waals surface area contributed by atoms with Gasteiger partial charge in [-0.05, 0) is 32.4 Å². The van der Waals surface area contributed by atoms with E-state index in [2.05, 4.69) is 48.1 Å². The third kappa shape index (κ3) is 6.56. The van der Waals surface area contributed by atoms with E-state index in [1.807, 2.05) is 11.3 Å². The van der Waals surface area contributed by atoms with Crippen LogP contribution in [0.1, 0.15) is 36.1 Å². The maximum atomic E-state index is 6.01. The number of halogens is 1. The van der Waals surface area contributed by atoms with Gasteiger partial charge < -0.3 is 15.8 Å². The molecule has 132 valence electrons. The van der Waals surface area contributed by atoms with Gasteiger partial charge in [-0.1, -0.05) is 6.92 Å². The normalized spacial score (nSPS) is 19.0. The molecule has 1 saturated heterocycles. The van der Waals surface area contributed by atoms with Crippen LogP contribution in [0.2, 0.25) is 0 Å². The molecular formula is C16H29IN4OS. The summed E-state index contributed by atoms with van der Waals surface area (Å²) in [7, 11) is 0. The summed E-state index contributed by atoms with van der Waals surface area (Å²) in [5, 5.41) is 3.23. The van der Waals surface area contributed by atoms with Gasteiger partial charge in [0.15, 0.2) is 5.96 Å². The van der Waals surface area contributed by atoms with Crippen molar-refractivity contribution >= 4 is 41.3 Å². The van der Waals surface area contributed by atoms with E-state index < -0.39 is 0 Å². The monoisotopic (exact) mass is 452 g/mol. The van der Waals surface area contributed by atoms with Gasteiger partial charge in [-0.2, -0.15) is 0 Å². The molecule has 0 amide bonds. The molecule has 3 N–H and O–H groups in total. The van der Waals surface area contributed by atoms with Crippen LogP contribution in [-0.4, -0.2) is 49.7 Å². The van der Waals surface area contributed by atoms with E-state index in [1.54, 1.807) is 0 Å². The van der Waals surface area contributed by atoms with Crippen LogP contribution in [-0.2, 0) is 4.74 Å². The number of nitrogens with zero attached hydrogens (tertiary/aromatic N) is 2. The van der Waals surface area contributed by atoms with Gasteiger partial charge in [0, 0.05) is 28.9 Å². The zero-order chi connectivity index (χ0) is 15.9. The number of nitrogens with one attached hydrogen (secondary N) is 1. The Balaban J connectivity index is 0.00000264. The SMILES string of the molecule is CCC(C)NC(N)=NCC(c1ccc(C)s1)N1CCOCC1.I. The Kier molecular flexibility index (Phi) is 9.41. The summed E-state index contributed by atoms with van der Waals surface area (Å²) in [6, 6.07) is 5.04. The maximum Gasteiger partial charge on any atom is 0.188 e. The van der Waals surface area contributed by atoms with Crippen molar-refractivity contribution in [2.24, 2.45) is 10.7 Å². The third-order valence-corrected chi connectivity index (χ3v) is 5.12. The number of guanidine groups is 1. The number of rotatable bonds is 6. The Morgan fingerprint density at radius 1 is 1.43 bits per heavy atom. The number of aliphatic imine (C=N–C) groups is 1. The molecule has 0 radical (unpaired) electrons. The van der Waals surface area contributed by atoms with Gasteiger partial charge in [0.1, 0.15) is 0 Å². The second kappa shape index (κ2) is 10.5. The van der Waals surface area contributed by atoms with Crippen LogP contribution in [0.5, 0.6) is 0 Å². The van der Waals surface area contributed by atoms with E-state index in [0.29, 0.717) is 24.6 Å². The van der Waals surface area contributed by atoms with Gasteiger partial charge in [0.2, 0.25) is 0 Å². The van der Waals surface area contributed by atoms with Crippen molar-refractivity contribution in [1.82, 2.24) is 10.2 Å². The average Bonchev–Trinajstić information content (AvgIpc) is 2.94. The molecule has 2 unspecified atom stereocenters. The Bertz CT molecular complexity index is 488. The number of hydrogen-bond acceptors (Lipinski definition) is 4. The molecule has 23 heavy (non-hydrogen) atoms. The van der Waals surface area contributed by atoms with Crippen LogP contribution in [0.4, 0.5) is 0 Å². The summed E-state index contributed by atoms with van der Waals surface area (Å²) < 4.78 is 5.47. The van der Waals surface area contributed by atoms with E-state index in [1.165, 1.54) is 9.75 Å². The molecule has 1 fully saturated rings. The summed E-state index contributed by atoms with van der Waals surface area (Å²) in [5.74, 6) is 0.542. The maximum absolute atomic E-state index is 6.01. The molecule has 0 aromatic carbocycles. The summed E-state index contributed by atoms with van der Waals surface area (Å²) in [6.07, 6.45) is 1.03. The standard InChI is InChI=1S/C16H28N4OS.HI/c1-4-12(2)19-16(17)18-11-14(15-6-5-13(3)22-15)20-7-9-21-10-8-20;/h5-6,12,14H,4,7-11H2,1-3H3,(H3,17,18,19);1H. The first-order valence-electron chi connectivity index (χ1n) is 8.04. The molecule has 0 bridgehead atoms. The first kappa shape index (κ1) is 20.7. The van der Waals surface area contributed by atoms with Crippen LogP contribution >= 0.6 is 35.3 Å². The fraction of sp³-hybridized carbons (Fsp3) is 0.688. The molecule has 0 saturated carbocycles. The largest absolute Gasteiger partial charge is 0.379 e. The molecule has 1 aromatic heterocycles. The van der Waals surface area contributed by atoms with Gasteiger partial charge in [0.25, 0.3) is 0 Å². The predicted molar refractivity (Wildman–Crippen MR) is 109 cm³/mol. The highest BCUT2D eigenvalue weighted by atomic mass is 127. The fourth-order valence-corrected chi connectivity index (χ4v) is 3.50. The molecule has 1 aromatic rings. The molecule has 2 heterocycles. The second-order valence-corrected chi connectivity index (χ2v) is 7.11. The highest BCUT2D eigenvalue weighted by Crippen LogP contribution is 2.28. The molecule has 2 atom stereocenters. The average molecular weight is 452 g/mol. The molecule has 5 nitrogen and oxygen atoms in total. The highest BCUT2D eigenvalue weighted by molar-refractivity contribution is 14.0. The van der Waals surface area contributed by atoms with Crippen LogP contribution in [0.25, 0.3) is 0 Å². The Morgan fingerprint density at radius 2 is 2.13 bits per heavy atom. The Morgan fingerprint density at radius 3 is 2.70 bits per heavy atom. The molecule has 0 aliphatic carbocycles. The summed E-state index contributed by atoms with van der Waals surface area (Å²) >= 11 is 1.85. The van der Waals surface area contributed by atoms with Gasteiger partial charge in [-0.3, -0.25) is 9.89 Å². The van der Waals surface area contributed by atoms with E-state index in [4.69, 9.17) is 10.5 Å². The van der Waals surface area contributed by atoms with Gasteiger partial charge >= 0.3 is 0 Å². The summed E-state index contributed by atoms with van der Waals surface area (Å²) in [6.45, 7) is 10.6. The van der Waals surface area contributed by atoms with Crippen molar-refractivity contribution in [1.29, 1.82) is 0 Å². The van der Waals surface area contributed by atoms with Crippen LogP contribution in [0, 0.1) is 6.92 Å². The number of ether oxygens (including phenoxy) is 1. The van der Waals surface area contributed by atoms with E-state index in [-0.39, 0.29) is 24.0 Å². The zero-order valence-corrected chi connectivity index (χ0v) is 17.4. The lowest BCUT2D eigenvalue weighted by Crippen LogP contribution is -2.41. The number of thiophene rings is 1. The van der Waals surface area contributed by atoms with Crippen molar-refractivity contribution in [2.75, 3.05) is 32.8 Å². The lowest BCUT2D eigenvalue weighted by molar-refractivity contribution is 0.0187. The highest BCUT2D eigenvalue weighted by Gasteiger charge is 2.23. The van der Waals surface area contributed by atoms with Crippen LogP contribution < -0.4 is 11.1 Å². The molecular weight excluding hydrogens is 423 g/mol. The van der Waals surface area contributed by atoms with Crippen molar-refractivity contribution in [3.05, 3.63) is 21.9 Å². The number of aryl methyl sites for hydroxylation is 1. The van der Waals surface area contributed by atoms with Crippen molar-refractivity contribution in [3.8, 4) is 0 Å². The minimum atomic E-state index is 0. The molecule has 2 rings (SSSR count). The van der Waals surface area contributed by atoms with E-state index in [0.717, 1.165) is 32.7 Å². The van der Waals surface area contributed by atoms with Crippen LogP contribution in [0.3, 0.4) is 0 Å². The quantitative estimate of drug-likeness (QED) is 0.396. The topological polar surface area (TPSA) is 62.9 Å². The first-order chi connectivity index (χ1) is 10.6. The minimum Gasteiger partial charge on any atom is -0.379 e. The van der Waals surface area contributed by atoms with Gasteiger partial charge in [-0.15, -0.1) is 35.3 Å². The second-order valence-electron chi connectivity index (χ2n) is 5.79. The predicted octanol–water partition coefficient (Wildman–Crippen LogP) is 2.75. The lowest BCUT2D eigenvalue weighted by atomic mass is 10.2. The van der Waals surface area contributed by atoms with E-state index in [9.17, 15) is 0 Å². The van der Waals surface area contributed by atoms with Crippen molar-refractivity contribution in [2.45, 2.75) is 39.3 Å². The minimum absolute atomic E-state index is 0. The number of hydrogen-bond donors (Lipinski definition) is 2. The summed E-state index contributed by atoms with van der Waals surface area (Å²) in [5.41, 5.74) is 6.01. The number of morpholine rings is 1. The van der Waals surface area contributed by atoms with Gasteiger partial charge in [-0.25, -0.2) is 0 Å². The Labute approximate surface area is 160 Å². The molecule has 1 aliphatic heterocycles. The smallest absolute Gasteiger partial charge is 0.188 e. The molecule has 7 heteroatoms. The Hall–Kier alpha value is -0.380. The first-order valence-corrected chi connectivity index (χ1v) is 8.86. The van der Waals surface area contributed by atoms with Gasteiger partial charge in [0.05, 0.1) is 25.8 Å². The fourth-order valence-electron chi connectivity index (χ4n) is 2.49. The van der Waals surface area contributed by atoms with Crippen molar-refractivity contribution in [3.63, 3.8) is 0 Å².